The fraction of sp³-hybridized carbons (Fsp3) is 0.417. The third-order valence-corrected chi connectivity index (χ3v) is 4.23. The lowest BCUT2D eigenvalue weighted by molar-refractivity contribution is 0.219. The second kappa shape index (κ2) is 6.65. The Labute approximate surface area is 106 Å². The first-order valence-corrected chi connectivity index (χ1v) is 7.34. The molecule has 0 aliphatic rings. The summed E-state index contributed by atoms with van der Waals surface area (Å²) >= 11 is 0. The smallest absolute Gasteiger partial charge is 0.309 e. The van der Waals surface area contributed by atoms with E-state index in [1.54, 1.807) is 19.9 Å². The average molecular weight is 271 g/mol. The van der Waals surface area contributed by atoms with Crippen molar-refractivity contribution in [3.8, 4) is 6.07 Å². The third-order valence-electron chi connectivity index (χ3n) is 2.18. The van der Waals surface area contributed by atoms with Crippen molar-refractivity contribution in [2.75, 3.05) is 13.2 Å². The molecule has 1 rings (SSSR count). The van der Waals surface area contributed by atoms with Crippen molar-refractivity contribution in [2.45, 2.75) is 20.0 Å². The van der Waals surface area contributed by atoms with Gasteiger partial charge in [-0.25, -0.2) is 4.39 Å². The van der Waals surface area contributed by atoms with Crippen molar-refractivity contribution < 1.29 is 18.0 Å². The minimum Gasteiger partial charge on any atom is -0.309 e. The molecule has 0 bridgehead atoms. The van der Waals surface area contributed by atoms with E-state index in [-0.39, 0.29) is 24.9 Å². The highest BCUT2D eigenvalue weighted by Crippen LogP contribution is 2.51. The first-order chi connectivity index (χ1) is 8.54. The zero-order valence-corrected chi connectivity index (χ0v) is 11.2. The Balaban J connectivity index is 2.95. The molecule has 18 heavy (non-hydrogen) atoms. The Bertz CT molecular complexity index is 489. The molecule has 1 aromatic carbocycles. The number of halogens is 1. The van der Waals surface area contributed by atoms with Gasteiger partial charge in [0.15, 0.2) is 0 Å². The van der Waals surface area contributed by atoms with Crippen LogP contribution in [0.3, 0.4) is 0 Å². The molecule has 0 fully saturated rings. The zero-order valence-electron chi connectivity index (χ0n) is 10.4. The van der Waals surface area contributed by atoms with E-state index >= 15 is 0 Å². The van der Waals surface area contributed by atoms with Crippen LogP contribution in [0.5, 0.6) is 0 Å². The number of rotatable bonds is 6. The Kier molecular flexibility index (Phi) is 5.49. The SMILES string of the molecule is CCOP(=O)(Cc1ccc(F)c(C#N)c1)OCC. The second-order valence-electron chi connectivity index (χ2n) is 3.53. The van der Waals surface area contributed by atoms with Gasteiger partial charge in [-0.15, -0.1) is 0 Å². The van der Waals surface area contributed by atoms with Crippen LogP contribution < -0.4 is 0 Å². The number of hydrogen-bond donors (Lipinski definition) is 0. The van der Waals surface area contributed by atoms with Crippen molar-refractivity contribution in [3.63, 3.8) is 0 Å². The summed E-state index contributed by atoms with van der Waals surface area (Å²) in [5.41, 5.74) is 0.477. The van der Waals surface area contributed by atoms with Gasteiger partial charge in [0.05, 0.1) is 24.9 Å². The van der Waals surface area contributed by atoms with Crippen LogP contribution >= 0.6 is 7.60 Å². The van der Waals surface area contributed by atoms with Crippen LogP contribution in [0.2, 0.25) is 0 Å². The summed E-state index contributed by atoms with van der Waals surface area (Å²) < 4.78 is 35.7. The summed E-state index contributed by atoms with van der Waals surface area (Å²) in [6, 6.07) is 5.75. The van der Waals surface area contributed by atoms with E-state index < -0.39 is 13.4 Å². The summed E-state index contributed by atoms with van der Waals surface area (Å²) in [6.07, 6.45) is 0.0314. The van der Waals surface area contributed by atoms with Gasteiger partial charge in [-0.1, -0.05) is 6.07 Å². The van der Waals surface area contributed by atoms with Crippen molar-refractivity contribution >= 4 is 7.60 Å². The first kappa shape index (κ1) is 14.8. The predicted molar refractivity (Wildman–Crippen MR) is 65.7 cm³/mol. The van der Waals surface area contributed by atoms with E-state index in [1.165, 1.54) is 18.2 Å². The quantitative estimate of drug-likeness (QED) is 0.743. The Morgan fingerprint density at radius 2 is 1.94 bits per heavy atom. The minimum atomic E-state index is -3.22. The summed E-state index contributed by atoms with van der Waals surface area (Å²) in [5, 5.41) is 8.73. The Morgan fingerprint density at radius 1 is 1.33 bits per heavy atom. The molecule has 0 spiro atoms. The van der Waals surface area contributed by atoms with Crippen LogP contribution in [-0.4, -0.2) is 13.2 Å². The van der Waals surface area contributed by atoms with Crippen molar-refractivity contribution in [2.24, 2.45) is 0 Å². The van der Waals surface area contributed by atoms with Gasteiger partial charge < -0.3 is 9.05 Å². The van der Waals surface area contributed by atoms with Crippen molar-refractivity contribution in [1.29, 1.82) is 5.26 Å². The van der Waals surface area contributed by atoms with E-state index in [9.17, 15) is 8.96 Å². The maximum absolute atomic E-state index is 13.1. The van der Waals surface area contributed by atoms with Gasteiger partial charge in [0, 0.05) is 0 Å². The molecule has 0 heterocycles. The highest BCUT2D eigenvalue weighted by atomic mass is 31.2. The molecule has 0 aromatic heterocycles. The fourth-order valence-electron chi connectivity index (χ4n) is 1.50. The molecule has 0 aliphatic carbocycles. The maximum atomic E-state index is 13.1. The fourth-order valence-corrected chi connectivity index (χ4v) is 3.19. The molecule has 1 aromatic rings. The average Bonchev–Trinajstić information content (AvgIpc) is 2.32. The van der Waals surface area contributed by atoms with Gasteiger partial charge >= 0.3 is 7.60 Å². The minimum absolute atomic E-state index is 0.0314. The standard InChI is InChI=1S/C12H15FNO3P/c1-3-16-18(15,17-4-2)9-10-5-6-12(13)11(7-10)8-14/h5-7H,3-4,9H2,1-2H3. The molecule has 0 unspecified atom stereocenters. The molecule has 0 atom stereocenters. The van der Waals surface area contributed by atoms with E-state index in [0.717, 1.165) is 0 Å². The lowest BCUT2D eigenvalue weighted by Gasteiger charge is -2.17. The lowest BCUT2D eigenvalue weighted by Crippen LogP contribution is -1.99. The molecule has 0 radical (unpaired) electrons. The molecule has 0 aliphatic heterocycles. The van der Waals surface area contributed by atoms with E-state index in [4.69, 9.17) is 14.3 Å². The van der Waals surface area contributed by atoms with Gasteiger partial charge in [-0.05, 0) is 31.5 Å². The Hall–Kier alpha value is -1.21. The van der Waals surface area contributed by atoms with Crippen LogP contribution in [0.25, 0.3) is 0 Å². The second-order valence-corrected chi connectivity index (χ2v) is 5.59. The van der Waals surface area contributed by atoms with Gasteiger partial charge in [-0.3, -0.25) is 4.57 Å². The summed E-state index contributed by atoms with van der Waals surface area (Å²) in [6.45, 7) is 3.97. The molecule has 0 amide bonds. The van der Waals surface area contributed by atoms with E-state index in [1.807, 2.05) is 0 Å². The van der Waals surface area contributed by atoms with Gasteiger partial charge in [0.1, 0.15) is 11.9 Å². The van der Waals surface area contributed by atoms with Crippen LogP contribution in [0, 0.1) is 17.1 Å². The molecular weight excluding hydrogens is 256 g/mol. The molecule has 4 nitrogen and oxygen atoms in total. The van der Waals surface area contributed by atoms with Crippen LogP contribution in [-0.2, 0) is 19.8 Å². The zero-order chi connectivity index (χ0) is 13.6. The summed E-state index contributed by atoms with van der Waals surface area (Å²) in [4.78, 5) is 0. The van der Waals surface area contributed by atoms with E-state index in [0.29, 0.717) is 5.56 Å². The molecule has 6 heteroatoms. The number of nitriles is 1. The molecule has 0 N–H and O–H groups in total. The van der Waals surface area contributed by atoms with Gasteiger partial charge in [-0.2, -0.15) is 5.26 Å². The number of benzene rings is 1. The molecule has 98 valence electrons. The Morgan fingerprint density at radius 3 is 2.44 bits per heavy atom. The topological polar surface area (TPSA) is 59.3 Å². The van der Waals surface area contributed by atoms with E-state index in [2.05, 4.69) is 0 Å². The van der Waals surface area contributed by atoms with Crippen molar-refractivity contribution in [1.82, 2.24) is 0 Å². The third kappa shape index (κ3) is 3.92. The van der Waals surface area contributed by atoms with Gasteiger partial charge in [0.25, 0.3) is 0 Å². The molecular formula is C12H15FNO3P. The van der Waals surface area contributed by atoms with Crippen LogP contribution in [0.15, 0.2) is 18.2 Å². The number of nitrogens with zero attached hydrogens (tertiary/aromatic N) is 1. The first-order valence-electron chi connectivity index (χ1n) is 5.61. The highest BCUT2D eigenvalue weighted by Gasteiger charge is 2.24. The lowest BCUT2D eigenvalue weighted by atomic mass is 10.1. The highest BCUT2D eigenvalue weighted by molar-refractivity contribution is 7.53. The molecule has 0 saturated carbocycles. The predicted octanol–water partition coefficient (Wildman–Crippen LogP) is 3.46. The van der Waals surface area contributed by atoms with Gasteiger partial charge in [0.2, 0.25) is 0 Å². The van der Waals surface area contributed by atoms with Crippen LogP contribution in [0.4, 0.5) is 4.39 Å². The van der Waals surface area contributed by atoms with Crippen LogP contribution in [0.1, 0.15) is 25.0 Å². The monoisotopic (exact) mass is 271 g/mol. The summed E-state index contributed by atoms with van der Waals surface area (Å²) in [7, 11) is -3.22. The largest absolute Gasteiger partial charge is 0.335 e. The number of hydrogen-bond acceptors (Lipinski definition) is 4. The summed E-state index contributed by atoms with van der Waals surface area (Å²) in [5.74, 6) is -0.594. The van der Waals surface area contributed by atoms with Crippen molar-refractivity contribution in [3.05, 3.63) is 35.1 Å². The normalized spacial score (nSPS) is 11.2. The molecule has 0 saturated heterocycles. The maximum Gasteiger partial charge on any atom is 0.335 e.